The third kappa shape index (κ3) is 3.06. The molecule has 0 spiro atoms. The Bertz CT molecular complexity index is 641. The molecule has 0 unspecified atom stereocenters. The van der Waals surface area contributed by atoms with Gasteiger partial charge in [-0.1, -0.05) is 15.9 Å². The number of amides is 1. The van der Waals surface area contributed by atoms with Gasteiger partial charge in [-0.25, -0.2) is 0 Å². The van der Waals surface area contributed by atoms with Gasteiger partial charge in [-0.05, 0) is 48.9 Å². The monoisotopic (exact) mass is 319 g/mol. The van der Waals surface area contributed by atoms with E-state index in [-0.39, 0.29) is 0 Å². The second-order valence-corrected chi connectivity index (χ2v) is 5.11. The zero-order chi connectivity index (χ0) is 14.0. The first kappa shape index (κ1) is 13.4. The molecule has 0 atom stereocenters. The summed E-state index contributed by atoms with van der Waals surface area (Å²) in [5.74, 6) is -0.511. The summed E-state index contributed by atoms with van der Waals surface area (Å²) in [5, 5.41) is 3.17. The second kappa shape index (κ2) is 5.32. The molecule has 0 bridgehead atoms. The van der Waals surface area contributed by atoms with Gasteiger partial charge in [0.05, 0.1) is 11.3 Å². The van der Waals surface area contributed by atoms with E-state index in [9.17, 15) is 4.79 Å². The molecule has 19 heavy (non-hydrogen) atoms. The average molecular weight is 320 g/mol. The van der Waals surface area contributed by atoms with Crippen molar-refractivity contribution in [2.24, 2.45) is 5.73 Å². The number of nitrogens with one attached hydrogen (secondary N) is 1. The number of rotatable bonds is 3. The SMILES string of the molecule is Cc1cc(Nc2ccc(N)cc2C(N)=O)ccc1Br. The molecule has 0 saturated carbocycles. The number of nitrogens with two attached hydrogens (primary N) is 2. The Kier molecular flexibility index (Phi) is 3.76. The van der Waals surface area contributed by atoms with E-state index in [1.54, 1.807) is 18.2 Å². The lowest BCUT2D eigenvalue weighted by atomic mass is 10.1. The van der Waals surface area contributed by atoms with E-state index >= 15 is 0 Å². The van der Waals surface area contributed by atoms with Crippen molar-refractivity contribution in [1.29, 1.82) is 0 Å². The summed E-state index contributed by atoms with van der Waals surface area (Å²) >= 11 is 3.44. The van der Waals surface area contributed by atoms with Gasteiger partial charge in [-0.15, -0.1) is 0 Å². The molecule has 1 amide bonds. The second-order valence-electron chi connectivity index (χ2n) is 4.26. The standard InChI is InChI=1S/C14H14BrN3O/c1-8-6-10(3-4-12(8)15)18-13-5-2-9(16)7-11(13)14(17)19/h2-7,18H,16H2,1H3,(H2,17,19). The first-order valence-corrected chi connectivity index (χ1v) is 6.49. The number of carbonyl (C=O) groups is 1. The van der Waals surface area contributed by atoms with Gasteiger partial charge < -0.3 is 16.8 Å². The van der Waals surface area contributed by atoms with Gasteiger partial charge in [0.25, 0.3) is 5.91 Å². The van der Waals surface area contributed by atoms with Crippen LogP contribution < -0.4 is 16.8 Å². The van der Waals surface area contributed by atoms with Crippen LogP contribution in [0.1, 0.15) is 15.9 Å². The van der Waals surface area contributed by atoms with E-state index in [2.05, 4.69) is 21.2 Å². The van der Waals surface area contributed by atoms with Crippen molar-refractivity contribution in [2.75, 3.05) is 11.1 Å². The smallest absolute Gasteiger partial charge is 0.250 e. The fraction of sp³-hybridized carbons (Fsp3) is 0.0714. The van der Waals surface area contributed by atoms with Crippen LogP contribution in [0.25, 0.3) is 0 Å². The van der Waals surface area contributed by atoms with E-state index in [0.717, 1.165) is 15.7 Å². The maximum absolute atomic E-state index is 11.4. The number of hydrogen-bond donors (Lipinski definition) is 3. The fourth-order valence-corrected chi connectivity index (χ4v) is 2.00. The van der Waals surface area contributed by atoms with Crippen LogP contribution in [0.3, 0.4) is 0 Å². The Morgan fingerprint density at radius 2 is 1.95 bits per heavy atom. The van der Waals surface area contributed by atoms with Gasteiger partial charge in [0, 0.05) is 15.8 Å². The summed E-state index contributed by atoms with van der Waals surface area (Å²) in [7, 11) is 0. The van der Waals surface area contributed by atoms with Crippen molar-refractivity contribution in [3.8, 4) is 0 Å². The Morgan fingerprint density at radius 3 is 2.58 bits per heavy atom. The molecule has 98 valence electrons. The Morgan fingerprint density at radius 1 is 1.21 bits per heavy atom. The van der Waals surface area contributed by atoms with Gasteiger partial charge in [-0.2, -0.15) is 0 Å². The molecule has 2 aromatic carbocycles. The molecule has 0 saturated heterocycles. The van der Waals surface area contributed by atoms with Crippen molar-refractivity contribution in [3.05, 3.63) is 52.0 Å². The van der Waals surface area contributed by atoms with Gasteiger partial charge >= 0.3 is 0 Å². The quantitative estimate of drug-likeness (QED) is 0.760. The highest BCUT2D eigenvalue weighted by Gasteiger charge is 2.09. The first-order valence-electron chi connectivity index (χ1n) is 5.70. The average Bonchev–Trinajstić information content (AvgIpc) is 2.36. The Hall–Kier alpha value is -2.01. The number of halogens is 1. The summed E-state index contributed by atoms with van der Waals surface area (Å²) in [6.45, 7) is 1.99. The fourth-order valence-electron chi connectivity index (χ4n) is 1.75. The number of anilines is 3. The number of nitrogen functional groups attached to an aromatic ring is 1. The largest absolute Gasteiger partial charge is 0.399 e. The molecule has 0 heterocycles. The normalized spacial score (nSPS) is 10.2. The summed E-state index contributed by atoms with van der Waals surface area (Å²) < 4.78 is 1.03. The Balaban J connectivity index is 2.37. The number of aryl methyl sites for hydroxylation is 1. The minimum atomic E-state index is -0.511. The summed E-state index contributed by atoms with van der Waals surface area (Å²) in [6, 6.07) is 10.9. The van der Waals surface area contributed by atoms with Gasteiger partial charge in [0.1, 0.15) is 0 Å². The van der Waals surface area contributed by atoms with Crippen molar-refractivity contribution in [1.82, 2.24) is 0 Å². The number of primary amides is 1. The highest BCUT2D eigenvalue weighted by molar-refractivity contribution is 9.10. The highest BCUT2D eigenvalue weighted by Crippen LogP contribution is 2.26. The third-order valence-corrected chi connectivity index (χ3v) is 3.64. The molecule has 0 aliphatic heterocycles. The van der Waals surface area contributed by atoms with Crippen molar-refractivity contribution >= 4 is 38.9 Å². The lowest BCUT2D eigenvalue weighted by Gasteiger charge is -2.12. The van der Waals surface area contributed by atoms with Crippen molar-refractivity contribution in [3.63, 3.8) is 0 Å². The van der Waals surface area contributed by atoms with Crippen LogP contribution in [0.4, 0.5) is 17.1 Å². The summed E-state index contributed by atoms with van der Waals surface area (Å²) in [6.07, 6.45) is 0. The van der Waals surface area contributed by atoms with E-state index < -0.39 is 5.91 Å². The van der Waals surface area contributed by atoms with Gasteiger partial charge in [0.2, 0.25) is 0 Å². The molecule has 0 radical (unpaired) electrons. The maximum atomic E-state index is 11.4. The molecule has 0 aliphatic carbocycles. The van der Waals surface area contributed by atoms with Crippen LogP contribution in [0.5, 0.6) is 0 Å². The lowest BCUT2D eigenvalue weighted by Crippen LogP contribution is -2.13. The zero-order valence-corrected chi connectivity index (χ0v) is 12.0. The molecule has 5 heteroatoms. The molecular weight excluding hydrogens is 306 g/mol. The zero-order valence-electron chi connectivity index (χ0n) is 10.4. The number of benzene rings is 2. The molecule has 0 aromatic heterocycles. The molecule has 0 fully saturated rings. The molecule has 2 rings (SSSR count). The molecule has 5 N–H and O–H groups in total. The highest BCUT2D eigenvalue weighted by atomic mass is 79.9. The van der Waals surface area contributed by atoms with Crippen LogP contribution in [-0.4, -0.2) is 5.91 Å². The topological polar surface area (TPSA) is 81.1 Å². The lowest BCUT2D eigenvalue weighted by molar-refractivity contribution is 0.100. The minimum absolute atomic E-state index is 0.376. The van der Waals surface area contributed by atoms with Crippen LogP contribution >= 0.6 is 15.9 Å². The summed E-state index contributed by atoms with van der Waals surface area (Å²) in [4.78, 5) is 11.4. The van der Waals surface area contributed by atoms with Crippen LogP contribution in [0.15, 0.2) is 40.9 Å². The van der Waals surface area contributed by atoms with Gasteiger partial charge in [0.15, 0.2) is 0 Å². The van der Waals surface area contributed by atoms with E-state index in [1.807, 2.05) is 25.1 Å². The molecule has 0 aliphatic rings. The van der Waals surface area contributed by atoms with E-state index in [0.29, 0.717) is 16.9 Å². The predicted molar refractivity (Wildman–Crippen MR) is 81.5 cm³/mol. The minimum Gasteiger partial charge on any atom is -0.399 e. The summed E-state index contributed by atoms with van der Waals surface area (Å²) in [5.41, 5.74) is 14.5. The van der Waals surface area contributed by atoms with Gasteiger partial charge in [-0.3, -0.25) is 4.79 Å². The molecule has 4 nitrogen and oxygen atoms in total. The number of hydrogen-bond acceptors (Lipinski definition) is 3. The van der Waals surface area contributed by atoms with Crippen molar-refractivity contribution in [2.45, 2.75) is 6.92 Å². The van der Waals surface area contributed by atoms with Crippen molar-refractivity contribution < 1.29 is 4.79 Å². The maximum Gasteiger partial charge on any atom is 0.250 e. The Labute approximate surface area is 119 Å². The van der Waals surface area contributed by atoms with Crippen LogP contribution in [0.2, 0.25) is 0 Å². The first-order chi connectivity index (χ1) is 8.97. The van der Waals surface area contributed by atoms with E-state index in [1.165, 1.54) is 0 Å². The van der Waals surface area contributed by atoms with Crippen LogP contribution in [0, 0.1) is 6.92 Å². The van der Waals surface area contributed by atoms with Crippen LogP contribution in [-0.2, 0) is 0 Å². The predicted octanol–water partition coefficient (Wildman–Crippen LogP) is 3.18. The van der Waals surface area contributed by atoms with E-state index in [4.69, 9.17) is 11.5 Å². The molecular formula is C14H14BrN3O. The third-order valence-electron chi connectivity index (χ3n) is 2.75. The molecule has 2 aromatic rings. The number of carbonyl (C=O) groups excluding carboxylic acids is 1.